The number of hydrogen-bond donors (Lipinski definition) is 2. The highest BCUT2D eigenvalue weighted by atomic mass is 16.4. The lowest BCUT2D eigenvalue weighted by molar-refractivity contribution is 0.0689. The standard InChI is InChI=1S/C16H13N3O3/c20-13-6-2-3-10-11(13)4-1-5-12(10)19-15(9-7-8-9)14(16(21)22)17-18-19/h1-6,9,20H,7-8H2,(H,21,22). The van der Waals surface area contributed by atoms with Crippen LogP contribution in [-0.2, 0) is 0 Å². The van der Waals surface area contributed by atoms with Crippen molar-refractivity contribution in [1.29, 1.82) is 0 Å². The molecule has 1 aromatic heterocycles. The highest BCUT2D eigenvalue weighted by Gasteiger charge is 2.34. The molecule has 3 aromatic rings. The van der Waals surface area contributed by atoms with Crippen molar-refractivity contribution in [3.05, 3.63) is 47.8 Å². The highest BCUT2D eigenvalue weighted by molar-refractivity contribution is 5.95. The first-order valence-corrected chi connectivity index (χ1v) is 7.07. The molecule has 1 heterocycles. The first kappa shape index (κ1) is 12.8. The molecule has 110 valence electrons. The zero-order valence-corrected chi connectivity index (χ0v) is 11.6. The summed E-state index contributed by atoms with van der Waals surface area (Å²) in [7, 11) is 0. The highest BCUT2D eigenvalue weighted by Crippen LogP contribution is 2.42. The normalized spacial score (nSPS) is 14.4. The summed E-state index contributed by atoms with van der Waals surface area (Å²) in [6, 6.07) is 10.7. The molecule has 0 saturated heterocycles. The summed E-state index contributed by atoms with van der Waals surface area (Å²) >= 11 is 0. The van der Waals surface area contributed by atoms with Gasteiger partial charge < -0.3 is 10.2 Å². The zero-order chi connectivity index (χ0) is 15.3. The van der Waals surface area contributed by atoms with Crippen molar-refractivity contribution in [1.82, 2.24) is 15.0 Å². The predicted molar refractivity (Wildman–Crippen MR) is 79.5 cm³/mol. The molecule has 6 nitrogen and oxygen atoms in total. The second kappa shape index (κ2) is 4.56. The summed E-state index contributed by atoms with van der Waals surface area (Å²) in [6.45, 7) is 0. The zero-order valence-electron chi connectivity index (χ0n) is 11.6. The van der Waals surface area contributed by atoms with Gasteiger partial charge in [0.1, 0.15) is 5.75 Å². The van der Waals surface area contributed by atoms with E-state index in [1.807, 2.05) is 24.3 Å². The molecule has 6 heteroatoms. The number of carbonyl (C=O) groups is 1. The van der Waals surface area contributed by atoms with E-state index in [4.69, 9.17) is 0 Å². The summed E-state index contributed by atoms with van der Waals surface area (Å²) in [5.74, 6) is -0.684. The van der Waals surface area contributed by atoms with Gasteiger partial charge in [-0.15, -0.1) is 5.10 Å². The van der Waals surface area contributed by atoms with E-state index in [1.54, 1.807) is 16.8 Å². The van der Waals surface area contributed by atoms with Crippen LogP contribution in [0.15, 0.2) is 36.4 Å². The Hall–Kier alpha value is -2.89. The summed E-state index contributed by atoms with van der Waals surface area (Å²) in [6.07, 6.45) is 1.90. The Balaban J connectivity index is 2.00. The van der Waals surface area contributed by atoms with Crippen LogP contribution in [0.1, 0.15) is 34.9 Å². The average molecular weight is 295 g/mol. The molecule has 2 N–H and O–H groups in total. The fourth-order valence-electron chi connectivity index (χ4n) is 2.80. The number of aromatic carboxylic acids is 1. The number of fused-ring (bicyclic) bond motifs is 1. The number of carboxylic acid groups (broad SMARTS) is 1. The van der Waals surface area contributed by atoms with Crippen LogP contribution < -0.4 is 0 Å². The van der Waals surface area contributed by atoms with Gasteiger partial charge in [0.2, 0.25) is 0 Å². The predicted octanol–water partition coefficient (Wildman–Crippen LogP) is 2.70. The van der Waals surface area contributed by atoms with E-state index in [0.717, 1.165) is 23.9 Å². The summed E-state index contributed by atoms with van der Waals surface area (Å²) in [5, 5.41) is 28.7. The molecule has 0 spiro atoms. The monoisotopic (exact) mass is 295 g/mol. The third kappa shape index (κ3) is 1.84. The fraction of sp³-hybridized carbons (Fsp3) is 0.188. The van der Waals surface area contributed by atoms with E-state index in [9.17, 15) is 15.0 Å². The van der Waals surface area contributed by atoms with Gasteiger partial charge in [-0.2, -0.15) is 0 Å². The number of hydrogen-bond acceptors (Lipinski definition) is 4. The van der Waals surface area contributed by atoms with Gasteiger partial charge in [0, 0.05) is 16.7 Å². The van der Waals surface area contributed by atoms with Crippen molar-refractivity contribution in [3.8, 4) is 11.4 Å². The van der Waals surface area contributed by atoms with E-state index in [1.165, 1.54) is 0 Å². The number of nitrogens with zero attached hydrogens (tertiary/aromatic N) is 3. The molecule has 4 rings (SSSR count). The molecule has 1 aliphatic rings. The minimum atomic E-state index is -1.06. The number of phenolic OH excluding ortho intramolecular Hbond substituents is 1. The molecule has 0 amide bonds. The average Bonchev–Trinajstić information content (AvgIpc) is 3.25. The number of phenols is 1. The smallest absolute Gasteiger partial charge is 0.358 e. The van der Waals surface area contributed by atoms with E-state index >= 15 is 0 Å². The number of carboxylic acids is 1. The molecule has 22 heavy (non-hydrogen) atoms. The maximum absolute atomic E-state index is 11.4. The molecule has 0 bridgehead atoms. The van der Waals surface area contributed by atoms with Crippen molar-refractivity contribution in [2.75, 3.05) is 0 Å². The Labute approximate surface area is 125 Å². The van der Waals surface area contributed by atoms with Crippen LogP contribution >= 0.6 is 0 Å². The minimum Gasteiger partial charge on any atom is -0.507 e. The van der Waals surface area contributed by atoms with Crippen LogP contribution in [0.5, 0.6) is 5.75 Å². The van der Waals surface area contributed by atoms with Gasteiger partial charge in [0.05, 0.1) is 11.4 Å². The SMILES string of the molecule is O=C(O)c1nnn(-c2cccc3c(O)cccc23)c1C1CC1. The second-order valence-corrected chi connectivity index (χ2v) is 5.46. The van der Waals surface area contributed by atoms with Gasteiger partial charge >= 0.3 is 5.97 Å². The first-order chi connectivity index (χ1) is 10.7. The number of rotatable bonds is 3. The summed E-state index contributed by atoms with van der Waals surface area (Å²) in [4.78, 5) is 11.4. The topological polar surface area (TPSA) is 88.2 Å². The first-order valence-electron chi connectivity index (χ1n) is 7.07. The van der Waals surface area contributed by atoms with Crippen molar-refractivity contribution in [2.24, 2.45) is 0 Å². The van der Waals surface area contributed by atoms with Gasteiger partial charge in [-0.25, -0.2) is 9.48 Å². The molecule has 0 radical (unpaired) electrons. The van der Waals surface area contributed by atoms with Gasteiger partial charge in [-0.1, -0.05) is 29.5 Å². The summed E-state index contributed by atoms with van der Waals surface area (Å²) in [5.41, 5.74) is 1.39. The van der Waals surface area contributed by atoms with Crippen LogP contribution in [0, 0.1) is 0 Å². The Kier molecular flexibility index (Phi) is 2.66. The molecule has 1 saturated carbocycles. The van der Waals surface area contributed by atoms with Gasteiger partial charge in [-0.3, -0.25) is 0 Å². The maximum atomic E-state index is 11.4. The Morgan fingerprint density at radius 3 is 2.59 bits per heavy atom. The number of benzene rings is 2. The van der Waals surface area contributed by atoms with Crippen LogP contribution in [0.4, 0.5) is 0 Å². The van der Waals surface area contributed by atoms with Crippen LogP contribution in [0.25, 0.3) is 16.5 Å². The molecule has 0 aliphatic heterocycles. The van der Waals surface area contributed by atoms with Crippen molar-refractivity contribution < 1.29 is 15.0 Å². The Bertz CT molecular complexity index is 897. The van der Waals surface area contributed by atoms with Crippen LogP contribution in [0.3, 0.4) is 0 Å². The lowest BCUT2D eigenvalue weighted by atomic mass is 10.1. The maximum Gasteiger partial charge on any atom is 0.358 e. The molecular formula is C16H13N3O3. The third-order valence-electron chi connectivity index (χ3n) is 3.98. The quantitative estimate of drug-likeness (QED) is 0.775. The van der Waals surface area contributed by atoms with Gasteiger partial charge in [-0.05, 0) is 25.0 Å². The minimum absolute atomic E-state index is 0.0136. The van der Waals surface area contributed by atoms with E-state index in [2.05, 4.69) is 10.3 Å². The Morgan fingerprint density at radius 2 is 1.86 bits per heavy atom. The molecular weight excluding hydrogens is 282 g/mol. The number of aromatic hydroxyl groups is 1. The number of aromatic nitrogens is 3. The van der Waals surface area contributed by atoms with Crippen LogP contribution in [-0.4, -0.2) is 31.2 Å². The molecule has 1 aliphatic carbocycles. The van der Waals surface area contributed by atoms with E-state index in [-0.39, 0.29) is 17.4 Å². The van der Waals surface area contributed by atoms with Crippen molar-refractivity contribution >= 4 is 16.7 Å². The van der Waals surface area contributed by atoms with E-state index in [0.29, 0.717) is 11.1 Å². The van der Waals surface area contributed by atoms with Gasteiger partial charge in [0.15, 0.2) is 5.69 Å². The summed E-state index contributed by atoms with van der Waals surface area (Å²) < 4.78 is 1.60. The van der Waals surface area contributed by atoms with Gasteiger partial charge in [0.25, 0.3) is 0 Å². The van der Waals surface area contributed by atoms with Crippen molar-refractivity contribution in [3.63, 3.8) is 0 Å². The molecule has 0 unspecified atom stereocenters. The second-order valence-electron chi connectivity index (χ2n) is 5.46. The fourth-order valence-corrected chi connectivity index (χ4v) is 2.80. The van der Waals surface area contributed by atoms with E-state index < -0.39 is 5.97 Å². The largest absolute Gasteiger partial charge is 0.507 e. The lowest BCUT2D eigenvalue weighted by Gasteiger charge is -2.10. The molecule has 1 fully saturated rings. The Morgan fingerprint density at radius 1 is 1.14 bits per heavy atom. The third-order valence-corrected chi connectivity index (χ3v) is 3.98. The van der Waals surface area contributed by atoms with Crippen LogP contribution in [0.2, 0.25) is 0 Å². The lowest BCUT2D eigenvalue weighted by Crippen LogP contribution is -2.06. The molecule has 2 aromatic carbocycles. The molecule has 0 atom stereocenters. The van der Waals surface area contributed by atoms with Crippen molar-refractivity contribution in [2.45, 2.75) is 18.8 Å².